The van der Waals surface area contributed by atoms with E-state index in [0.29, 0.717) is 10.9 Å². The van der Waals surface area contributed by atoms with Crippen LogP contribution in [-0.4, -0.2) is 26.2 Å². The number of hydrogen-bond donors (Lipinski definition) is 1. The highest BCUT2D eigenvalue weighted by atomic mass is 32.2. The minimum Gasteiger partial charge on any atom is -0.308 e. The number of rotatable bonds is 3. The van der Waals surface area contributed by atoms with Gasteiger partial charge in [0.05, 0.1) is 16.6 Å². The zero-order valence-electron chi connectivity index (χ0n) is 11.9. The fraction of sp³-hybridized carbons (Fsp3) is 0.400. The van der Waals surface area contributed by atoms with Crippen LogP contribution in [0.4, 0.5) is 0 Å². The number of hydrogen-bond acceptors (Lipinski definition) is 5. The van der Waals surface area contributed by atoms with Crippen LogP contribution in [0.25, 0.3) is 11.3 Å². The van der Waals surface area contributed by atoms with E-state index in [1.807, 2.05) is 17.5 Å². The molecule has 4 nitrogen and oxygen atoms in total. The van der Waals surface area contributed by atoms with Crippen LogP contribution in [0.5, 0.6) is 0 Å². The minimum atomic E-state index is -3.14. The number of benzene rings is 1. The molecular weight excluding hydrogens is 304 g/mol. The lowest BCUT2D eigenvalue weighted by Gasteiger charge is -2.21. The molecule has 1 fully saturated rings. The van der Waals surface area contributed by atoms with E-state index in [1.54, 1.807) is 23.5 Å². The Hall–Kier alpha value is -1.24. The van der Waals surface area contributed by atoms with Gasteiger partial charge in [-0.15, -0.1) is 11.3 Å². The van der Waals surface area contributed by atoms with Crippen molar-refractivity contribution in [2.24, 2.45) is 0 Å². The van der Waals surface area contributed by atoms with Crippen LogP contribution in [0.2, 0.25) is 0 Å². The lowest BCUT2D eigenvalue weighted by atomic mass is 10.1. The molecule has 2 aromatic rings. The normalized spacial score (nSPS) is 19.6. The summed E-state index contributed by atoms with van der Waals surface area (Å²) in [4.78, 5) is 5.05. The van der Waals surface area contributed by atoms with Gasteiger partial charge in [-0.05, 0) is 31.5 Å². The predicted octanol–water partition coefficient (Wildman–Crippen LogP) is 3.03. The molecule has 1 atom stereocenters. The van der Waals surface area contributed by atoms with Crippen molar-refractivity contribution in [3.8, 4) is 11.3 Å². The maximum Gasteiger partial charge on any atom is 0.175 e. The first-order chi connectivity index (χ1) is 10.0. The molecule has 1 N–H and O–H groups in total. The van der Waals surface area contributed by atoms with Crippen molar-refractivity contribution in [1.82, 2.24) is 10.3 Å². The van der Waals surface area contributed by atoms with Gasteiger partial charge < -0.3 is 5.32 Å². The van der Waals surface area contributed by atoms with Crippen LogP contribution in [0.3, 0.4) is 0 Å². The van der Waals surface area contributed by atoms with E-state index in [-0.39, 0.29) is 0 Å². The average molecular weight is 322 g/mol. The van der Waals surface area contributed by atoms with Gasteiger partial charge in [-0.1, -0.05) is 18.6 Å². The SMILES string of the molecule is CS(=O)(=O)c1ccc(-c2csc(C3CCCCN3)n2)cc1. The first kappa shape index (κ1) is 14.7. The molecule has 0 aliphatic carbocycles. The first-order valence-corrected chi connectivity index (χ1v) is 9.80. The summed E-state index contributed by atoms with van der Waals surface area (Å²) in [5, 5.41) is 6.66. The van der Waals surface area contributed by atoms with Crippen molar-refractivity contribution in [2.45, 2.75) is 30.2 Å². The zero-order chi connectivity index (χ0) is 14.9. The Morgan fingerprint density at radius 2 is 2.00 bits per heavy atom. The van der Waals surface area contributed by atoms with E-state index in [9.17, 15) is 8.42 Å². The molecule has 1 aromatic carbocycles. The maximum atomic E-state index is 11.5. The van der Waals surface area contributed by atoms with Gasteiger partial charge in [-0.3, -0.25) is 0 Å². The Balaban J connectivity index is 1.82. The van der Waals surface area contributed by atoms with Crippen LogP contribution in [0.15, 0.2) is 34.5 Å². The van der Waals surface area contributed by atoms with E-state index in [2.05, 4.69) is 5.32 Å². The van der Waals surface area contributed by atoms with E-state index in [4.69, 9.17) is 4.98 Å². The van der Waals surface area contributed by atoms with Crippen LogP contribution in [-0.2, 0) is 9.84 Å². The molecule has 1 aliphatic rings. The molecule has 1 unspecified atom stereocenters. The quantitative estimate of drug-likeness (QED) is 0.943. The van der Waals surface area contributed by atoms with E-state index in [0.717, 1.165) is 29.2 Å². The molecule has 0 radical (unpaired) electrons. The smallest absolute Gasteiger partial charge is 0.175 e. The fourth-order valence-corrected chi connectivity index (χ4v) is 4.08. The largest absolute Gasteiger partial charge is 0.308 e. The molecule has 112 valence electrons. The van der Waals surface area contributed by atoms with Crippen LogP contribution in [0.1, 0.15) is 30.3 Å². The Bertz CT molecular complexity index is 714. The van der Waals surface area contributed by atoms with E-state index < -0.39 is 9.84 Å². The van der Waals surface area contributed by atoms with Crippen molar-refractivity contribution in [3.63, 3.8) is 0 Å². The summed E-state index contributed by atoms with van der Waals surface area (Å²) in [6.07, 6.45) is 4.84. The third kappa shape index (κ3) is 3.33. The monoisotopic (exact) mass is 322 g/mol. The third-order valence-corrected chi connectivity index (χ3v) is 5.80. The molecule has 1 aromatic heterocycles. The number of sulfone groups is 1. The van der Waals surface area contributed by atoms with Gasteiger partial charge in [0.1, 0.15) is 5.01 Å². The van der Waals surface area contributed by atoms with Crippen LogP contribution >= 0.6 is 11.3 Å². The molecule has 0 amide bonds. The number of nitrogens with zero attached hydrogens (tertiary/aromatic N) is 1. The van der Waals surface area contributed by atoms with Crippen molar-refractivity contribution >= 4 is 21.2 Å². The highest BCUT2D eigenvalue weighted by molar-refractivity contribution is 7.90. The van der Waals surface area contributed by atoms with Crippen molar-refractivity contribution < 1.29 is 8.42 Å². The molecule has 0 saturated carbocycles. The van der Waals surface area contributed by atoms with Gasteiger partial charge in [-0.25, -0.2) is 13.4 Å². The average Bonchev–Trinajstić information content (AvgIpc) is 2.97. The number of nitrogens with one attached hydrogen (secondary N) is 1. The topological polar surface area (TPSA) is 59.1 Å². The third-order valence-electron chi connectivity index (χ3n) is 3.71. The summed E-state index contributed by atoms with van der Waals surface area (Å²) in [7, 11) is -3.14. The van der Waals surface area contributed by atoms with Gasteiger partial charge in [-0.2, -0.15) is 0 Å². The summed E-state index contributed by atoms with van der Waals surface area (Å²) < 4.78 is 22.9. The highest BCUT2D eigenvalue weighted by Crippen LogP contribution is 2.29. The molecule has 3 rings (SSSR count). The van der Waals surface area contributed by atoms with Gasteiger partial charge >= 0.3 is 0 Å². The number of thiazole rings is 1. The second-order valence-electron chi connectivity index (χ2n) is 5.37. The maximum absolute atomic E-state index is 11.5. The Morgan fingerprint density at radius 1 is 1.24 bits per heavy atom. The molecular formula is C15H18N2O2S2. The first-order valence-electron chi connectivity index (χ1n) is 7.03. The Labute approximate surface area is 129 Å². The van der Waals surface area contributed by atoms with Crippen LogP contribution in [0, 0.1) is 0 Å². The van der Waals surface area contributed by atoms with Gasteiger partial charge in [0, 0.05) is 17.2 Å². The number of piperidine rings is 1. The van der Waals surface area contributed by atoms with Gasteiger partial charge in [0.15, 0.2) is 9.84 Å². The van der Waals surface area contributed by atoms with Gasteiger partial charge in [0.2, 0.25) is 0 Å². The molecule has 21 heavy (non-hydrogen) atoms. The fourth-order valence-electron chi connectivity index (χ4n) is 2.52. The Kier molecular flexibility index (Phi) is 4.10. The molecule has 0 spiro atoms. The summed E-state index contributed by atoms with van der Waals surface area (Å²) in [6.45, 7) is 1.06. The summed E-state index contributed by atoms with van der Waals surface area (Å²) in [5.74, 6) is 0. The highest BCUT2D eigenvalue weighted by Gasteiger charge is 2.18. The summed E-state index contributed by atoms with van der Waals surface area (Å²) >= 11 is 1.67. The molecule has 6 heteroatoms. The van der Waals surface area contributed by atoms with E-state index >= 15 is 0 Å². The second kappa shape index (κ2) is 5.87. The lowest BCUT2D eigenvalue weighted by molar-refractivity contribution is 0.411. The van der Waals surface area contributed by atoms with Crippen molar-refractivity contribution in [2.75, 3.05) is 12.8 Å². The summed E-state index contributed by atoms with van der Waals surface area (Å²) in [6, 6.07) is 7.30. The minimum absolute atomic E-state index is 0.343. The lowest BCUT2D eigenvalue weighted by Crippen LogP contribution is -2.26. The standard InChI is InChI=1S/C15H18N2O2S2/c1-21(18,19)12-7-5-11(6-8-12)14-10-20-15(17-14)13-4-2-3-9-16-13/h5-8,10,13,16H,2-4,9H2,1H3. The molecule has 1 aliphatic heterocycles. The molecule has 2 heterocycles. The van der Waals surface area contributed by atoms with Gasteiger partial charge in [0.25, 0.3) is 0 Å². The van der Waals surface area contributed by atoms with Crippen molar-refractivity contribution in [3.05, 3.63) is 34.7 Å². The van der Waals surface area contributed by atoms with E-state index in [1.165, 1.54) is 19.1 Å². The molecule has 0 bridgehead atoms. The Morgan fingerprint density at radius 3 is 2.62 bits per heavy atom. The predicted molar refractivity (Wildman–Crippen MR) is 85.3 cm³/mol. The summed E-state index contributed by atoms with van der Waals surface area (Å²) in [5.41, 5.74) is 1.88. The second-order valence-corrected chi connectivity index (χ2v) is 8.28. The zero-order valence-corrected chi connectivity index (χ0v) is 13.5. The van der Waals surface area contributed by atoms with Crippen molar-refractivity contribution in [1.29, 1.82) is 0 Å². The van der Waals surface area contributed by atoms with Crippen LogP contribution < -0.4 is 5.32 Å². The number of aromatic nitrogens is 1. The molecule has 1 saturated heterocycles.